The summed E-state index contributed by atoms with van der Waals surface area (Å²) in [5.74, 6) is -0.0850. The number of rotatable bonds is 9. The van der Waals surface area contributed by atoms with Crippen molar-refractivity contribution in [1.82, 2.24) is 24.8 Å². The Morgan fingerprint density at radius 1 is 1.37 bits per heavy atom. The molecule has 2 aromatic heterocycles. The van der Waals surface area contributed by atoms with Gasteiger partial charge in [-0.15, -0.1) is 0 Å². The number of aromatic amines is 1. The molecule has 14 heteroatoms. The normalized spacial score (nSPS) is 24.8. The molecule has 1 amide bonds. The van der Waals surface area contributed by atoms with Gasteiger partial charge in [-0.1, -0.05) is 12.2 Å². The van der Waals surface area contributed by atoms with Gasteiger partial charge in [0.1, 0.15) is 35.5 Å². The second-order valence-electron chi connectivity index (χ2n) is 6.83. The van der Waals surface area contributed by atoms with Gasteiger partial charge in [0.25, 0.3) is 0 Å². The zero-order valence-electron chi connectivity index (χ0n) is 15.9. The van der Waals surface area contributed by atoms with Crippen molar-refractivity contribution >= 4 is 35.2 Å². The molecule has 1 aliphatic rings. The molecule has 1 saturated heterocycles. The lowest BCUT2D eigenvalue weighted by molar-refractivity contribution is -0.123. The maximum absolute atomic E-state index is 11.5. The van der Waals surface area contributed by atoms with E-state index in [1.807, 2.05) is 0 Å². The number of amides is 1. The molecular weight excluding hydrogens is 418 g/mol. The largest absolute Gasteiger partial charge is 0.394 e. The average Bonchev–Trinajstić information content (AvgIpc) is 3.28. The number of nitrogens with zero attached hydrogens (tertiary/aromatic N) is 3. The number of anilines is 1. The van der Waals surface area contributed by atoms with Gasteiger partial charge in [-0.25, -0.2) is 9.97 Å². The molecule has 30 heavy (non-hydrogen) atoms. The number of aliphatic hydroxyl groups is 4. The topological polar surface area (TPSA) is 204 Å². The molecule has 1 unspecified atom stereocenters. The summed E-state index contributed by atoms with van der Waals surface area (Å²) in [6, 6.07) is -0.949. The summed E-state index contributed by atoms with van der Waals surface area (Å²) in [6.45, 7) is -0.0668. The first-order chi connectivity index (χ1) is 14.4. The van der Waals surface area contributed by atoms with Gasteiger partial charge in [0.2, 0.25) is 11.9 Å². The lowest BCUT2D eigenvalue weighted by Crippen LogP contribution is -2.43. The maximum atomic E-state index is 11.5. The highest BCUT2D eigenvalue weighted by Gasteiger charge is 2.43. The number of hydrogen-bond acceptors (Lipinski definition) is 11. The fraction of sp³-hybridized carbons (Fsp3) is 0.625. The summed E-state index contributed by atoms with van der Waals surface area (Å²) in [5, 5.41) is 44.0. The van der Waals surface area contributed by atoms with Crippen LogP contribution in [0.25, 0.3) is 11.2 Å². The van der Waals surface area contributed by atoms with E-state index >= 15 is 0 Å². The third-order valence-electron chi connectivity index (χ3n) is 4.72. The van der Waals surface area contributed by atoms with E-state index in [1.165, 1.54) is 10.9 Å². The number of nitrogens with two attached hydrogens (primary N) is 1. The predicted molar refractivity (Wildman–Crippen MR) is 107 cm³/mol. The SMILES string of the molecule is NC(CO)C(=O)NCCCNc1nc(=S)c2ncn([C@@H]3O[C@H](CO)[C@@H](O)[C@H]3O)c2[nH]1. The highest BCUT2D eigenvalue weighted by Crippen LogP contribution is 2.31. The van der Waals surface area contributed by atoms with E-state index in [4.69, 9.17) is 27.8 Å². The van der Waals surface area contributed by atoms with Crippen molar-refractivity contribution in [1.29, 1.82) is 0 Å². The fourth-order valence-electron chi connectivity index (χ4n) is 3.04. The lowest BCUT2D eigenvalue weighted by atomic mass is 10.1. The van der Waals surface area contributed by atoms with Crippen LogP contribution in [-0.4, -0.2) is 96.5 Å². The van der Waals surface area contributed by atoms with Crippen LogP contribution in [0.15, 0.2) is 6.33 Å². The Balaban J connectivity index is 1.67. The quantitative estimate of drug-likeness (QED) is 0.148. The molecule has 0 aliphatic carbocycles. The first-order valence-corrected chi connectivity index (χ1v) is 9.75. The van der Waals surface area contributed by atoms with Crippen molar-refractivity contribution in [3.63, 3.8) is 0 Å². The Morgan fingerprint density at radius 2 is 2.13 bits per heavy atom. The second-order valence-corrected chi connectivity index (χ2v) is 7.22. The van der Waals surface area contributed by atoms with Crippen molar-refractivity contribution in [2.75, 3.05) is 31.6 Å². The van der Waals surface area contributed by atoms with Crippen LogP contribution < -0.4 is 16.4 Å². The summed E-state index contributed by atoms with van der Waals surface area (Å²) in [5.41, 5.74) is 6.23. The van der Waals surface area contributed by atoms with Crippen molar-refractivity contribution in [3.8, 4) is 0 Å². The molecule has 0 spiro atoms. The molecule has 0 radical (unpaired) electrons. The van der Waals surface area contributed by atoms with Gasteiger partial charge in [-0.3, -0.25) is 9.36 Å². The molecule has 166 valence electrons. The Morgan fingerprint density at radius 3 is 2.80 bits per heavy atom. The second kappa shape index (κ2) is 9.74. The van der Waals surface area contributed by atoms with Crippen molar-refractivity contribution in [2.24, 2.45) is 5.73 Å². The molecule has 1 fully saturated rings. The number of nitrogens with one attached hydrogen (secondary N) is 3. The smallest absolute Gasteiger partial charge is 0.239 e. The zero-order valence-corrected chi connectivity index (χ0v) is 16.7. The minimum absolute atomic E-state index is 0.221. The highest BCUT2D eigenvalue weighted by atomic mass is 32.1. The summed E-state index contributed by atoms with van der Waals surface area (Å²) in [7, 11) is 0. The minimum Gasteiger partial charge on any atom is -0.394 e. The van der Waals surface area contributed by atoms with Gasteiger partial charge in [0, 0.05) is 13.1 Å². The number of H-pyrrole nitrogens is 1. The van der Waals surface area contributed by atoms with Gasteiger partial charge in [0.05, 0.1) is 19.5 Å². The first-order valence-electron chi connectivity index (χ1n) is 9.34. The molecular formula is C16H25N7O6S. The predicted octanol–water partition coefficient (Wildman–Crippen LogP) is -2.66. The van der Waals surface area contributed by atoms with E-state index in [-0.39, 0.29) is 4.64 Å². The monoisotopic (exact) mass is 443 g/mol. The van der Waals surface area contributed by atoms with Crippen molar-refractivity contribution in [3.05, 3.63) is 11.0 Å². The lowest BCUT2D eigenvalue weighted by Gasteiger charge is -2.17. The van der Waals surface area contributed by atoms with Gasteiger partial charge in [-0.2, -0.15) is 0 Å². The molecule has 9 N–H and O–H groups in total. The summed E-state index contributed by atoms with van der Waals surface area (Å²) < 4.78 is 7.25. The maximum Gasteiger partial charge on any atom is 0.239 e. The molecule has 5 atom stereocenters. The number of imidazole rings is 1. The van der Waals surface area contributed by atoms with Crippen LogP contribution in [0.1, 0.15) is 12.6 Å². The highest BCUT2D eigenvalue weighted by molar-refractivity contribution is 7.71. The molecule has 2 aromatic rings. The van der Waals surface area contributed by atoms with Gasteiger partial charge in [-0.05, 0) is 6.42 Å². The molecule has 13 nitrogen and oxygen atoms in total. The standard InChI is InChI=1S/C16H25N7O6S/c17-7(4-24)13(28)18-2-1-3-19-16-21-12-9(14(30)22-16)20-6-23(12)15-11(27)10(26)8(5-25)29-15/h6-8,10-11,15,24-27H,1-5,17H2,(H,18,28)(H2,19,21,22,30)/t7?,8-,10-,11-,15-/m1/s1. The molecule has 0 saturated carbocycles. The van der Waals surface area contributed by atoms with Crippen molar-refractivity contribution < 1.29 is 30.0 Å². The number of ether oxygens (including phenoxy) is 1. The van der Waals surface area contributed by atoms with Crippen LogP contribution in [-0.2, 0) is 9.53 Å². The summed E-state index contributed by atoms with van der Waals surface area (Å²) in [6.07, 6.45) is -2.43. The van der Waals surface area contributed by atoms with E-state index in [1.54, 1.807) is 0 Å². The van der Waals surface area contributed by atoms with Crippen LogP contribution in [0.5, 0.6) is 0 Å². The third-order valence-corrected chi connectivity index (χ3v) is 5.00. The van der Waals surface area contributed by atoms with Gasteiger partial charge >= 0.3 is 0 Å². The molecule has 0 bridgehead atoms. The number of carbonyl (C=O) groups excluding carboxylic acids is 1. The molecule has 3 heterocycles. The fourth-order valence-corrected chi connectivity index (χ4v) is 3.28. The Hall–Kier alpha value is -2.20. The Bertz CT molecular complexity index is 936. The first kappa shape index (κ1) is 22.5. The van der Waals surface area contributed by atoms with Gasteiger partial charge < -0.3 is 46.5 Å². The Labute approximate surface area is 175 Å². The molecule has 1 aliphatic heterocycles. The number of aromatic nitrogens is 4. The molecule has 3 rings (SSSR count). The van der Waals surface area contributed by atoms with Crippen LogP contribution in [0.4, 0.5) is 5.95 Å². The average molecular weight is 443 g/mol. The van der Waals surface area contributed by atoms with E-state index < -0.39 is 49.7 Å². The van der Waals surface area contributed by atoms with E-state index in [0.29, 0.717) is 36.6 Å². The van der Waals surface area contributed by atoms with Crippen LogP contribution >= 0.6 is 12.2 Å². The minimum atomic E-state index is -1.26. The van der Waals surface area contributed by atoms with E-state index in [2.05, 4.69) is 25.6 Å². The number of fused-ring (bicyclic) bond motifs is 1. The summed E-state index contributed by atoms with van der Waals surface area (Å²) >= 11 is 5.27. The van der Waals surface area contributed by atoms with Crippen LogP contribution in [0.3, 0.4) is 0 Å². The van der Waals surface area contributed by atoms with Crippen LogP contribution in [0.2, 0.25) is 0 Å². The number of carbonyl (C=O) groups is 1. The zero-order chi connectivity index (χ0) is 21.8. The van der Waals surface area contributed by atoms with Gasteiger partial charge in [0.15, 0.2) is 10.9 Å². The third kappa shape index (κ3) is 4.59. The Kier molecular flexibility index (Phi) is 7.30. The summed E-state index contributed by atoms with van der Waals surface area (Å²) in [4.78, 5) is 22.9. The van der Waals surface area contributed by atoms with E-state index in [9.17, 15) is 20.1 Å². The number of hydrogen-bond donors (Lipinski definition) is 8. The van der Waals surface area contributed by atoms with Crippen LogP contribution in [0, 0.1) is 4.64 Å². The molecule has 0 aromatic carbocycles. The number of aliphatic hydroxyl groups excluding tert-OH is 4. The van der Waals surface area contributed by atoms with E-state index in [0.717, 1.165) is 0 Å². The van der Waals surface area contributed by atoms with Crippen molar-refractivity contribution in [2.45, 2.75) is 37.0 Å².